The Bertz CT molecular complexity index is 605. The average molecular weight is 354 g/mol. The highest BCUT2D eigenvalue weighted by atomic mass is 79.9. The van der Waals surface area contributed by atoms with Crippen molar-refractivity contribution in [2.24, 2.45) is 11.7 Å². The molecule has 1 atom stereocenters. The normalized spacial score (nSPS) is 17.9. The minimum absolute atomic E-state index is 0.233. The van der Waals surface area contributed by atoms with E-state index in [-0.39, 0.29) is 11.9 Å². The molecule has 3 rings (SSSR count). The standard InChI is InChI=1S/C15H17BrFN3O/c16-11-6-10(7-12(17)8-11)14-19-15(21-20-14)13(18)9-4-2-1-3-5-9/h6-9,13H,1-5,18H2. The number of rotatable bonds is 3. The van der Waals surface area contributed by atoms with Crippen LogP contribution in [0.4, 0.5) is 4.39 Å². The molecule has 0 amide bonds. The van der Waals surface area contributed by atoms with Gasteiger partial charge in [-0.25, -0.2) is 4.39 Å². The zero-order chi connectivity index (χ0) is 14.8. The first kappa shape index (κ1) is 14.7. The fourth-order valence-electron chi connectivity index (χ4n) is 2.87. The van der Waals surface area contributed by atoms with Crippen molar-refractivity contribution in [3.05, 3.63) is 34.4 Å². The molecule has 21 heavy (non-hydrogen) atoms. The maximum atomic E-state index is 13.4. The first-order chi connectivity index (χ1) is 10.1. The molecular weight excluding hydrogens is 337 g/mol. The van der Waals surface area contributed by atoms with Gasteiger partial charge in [-0.15, -0.1) is 0 Å². The zero-order valence-electron chi connectivity index (χ0n) is 11.6. The molecule has 1 unspecified atom stereocenters. The molecule has 6 heteroatoms. The second kappa shape index (κ2) is 6.23. The van der Waals surface area contributed by atoms with Gasteiger partial charge in [0.2, 0.25) is 11.7 Å². The minimum Gasteiger partial charge on any atom is -0.337 e. The second-order valence-corrected chi connectivity index (χ2v) is 6.45. The highest BCUT2D eigenvalue weighted by Crippen LogP contribution is 2.33. The summed E-state index contributed by atoms with van der Waals surface area (Å²) >= 11 is 3.26. The minimum atomic E-state index is -0.345. The first-order valence-electron chi connectivity index (χ1n) is 7.19. The number of hydrogen-bond acceptors (Lipinski definition) is 4. The van der Waals surface area contributed by atoms with Gasteiger partial charge in [-0.3, -0.25) is 0 Å². The molecule has 1 heterocycles. The van der Waals surface area contributed by atoms with Crippen LogP contribution in [-0.2, 0) is 0 Å². The van der Waals surface area contributed by atoms with Gasteiger partial charge < -0.3 is 10.3 Å². The number of aromatic nitrogens is 2. The van der Waals surface area contributed by atoms with Gasteiger partial charge in [0.15, 0.2) is 0 Å². The van der Waals surface area contributed by atoms with E-state index in [2.05, 4.69) is 26.1 Å². The van der Waals surface area contributed by atoms with Crippen LogP contribution in [0, 0.1) is 11.7 Å². The van der Waals surface area contributed by atoms with Gasteiger partial charge in [0.05, 0.1) is 6.04 Å². The van der Waals surface area contributed by atoms with E-state index < -0.39 is 0 Å². The van der Waals surface area contributed by atoms with Gasteiger partial charge in [0.1, 0.15) is 5.82 Å². The second-order valence-electron chi connectivity index (χ2n) is 5.54. The molecule has 1 aromatic carbocycles. The molecule has 1 aromatic heterocycles. The molecule has 0 aliphatic heterocycles. The quantitative estimate of drug-likeness (QED) is 0.896. The maximum Gasteiger partial charge on any atom is 0.244 e. The lowest BCUT2D eigenvalue weighted by molar-refractivity contribution is 0.255. The van der Waals surface area contributed by atoms with Crippen molar-refractivity contribution in [2.45, 2.75) is 38.1 Å². The third kappa shape index (κ3) is 3.32. The Balaban J connectivity index is 1.82. The fraction of sp³-hybridized carbons (Fsp3) is 0.467. The molecule has 1 aliphatic rings. The van der Waals surface area contributed by atoms with Crippen LogP contribution < -0.4 is 5.73 Å². The van der Waals surface area contributed by atoms with Crippen molar-refractivity contribution in [3.63, 3.8) is 0 Å². The molecule has 1 fully saturated rings. The summed E-state index contributed by atoms with van der Waals surface area (Å²) in [5.74, 6) is 0.863. The van der Waals surface area contributed by atoms with E-state index >= 15 is 0 Å². The molecule has 0 saturated heterocycles. The number of benzene rings is 1. The van der Waals surface area contributed by atoms with Crippen LogP contribution in [0.15, 0.2) is 27.2 Å². The van der Waals surface area contributed by atoms with Crippen molar-refractivity contribution in [3.8, 4) is 11.4 Å². The lowest BCUT2D eigenvalue weighted by Gasteiger charge is -2.24. The largest absolute Gasteiger partial charge is 0.337 e. The molecule has 112 valence electrons. The number of nitrogens with zero attached hydrogens (tertiary/aromatic N) is 2. The van der Waals surface area contributed by atoms with Crippen LogP contribution in [0.2, 0.25) is 0 Å². The molecule has 0 spiro atoms. The summed E-state index contributed by atoms with van der Waals surface area (Å²) in [6, 6.07) is 4.29. The van der Waals surface area contributed by atoms with E-state index in [0.717, 1.165) is 12.8 Å². The summed E-state index contributed by atoms with van der Waals surface area (Å²) in [6.07, 6.45) is 5.89. The Morgan fingerprint density at radius 3 is 2.71 bits per heavy atom. The Morgan fingerprint density at radius 2 is 2.00 bits per heavy atom. The molecule has 2 aromatic rings. The van der Waals surface area contributed by atoms with E-state index in [9.17, 15) is 4.39 Å². The Morgan fingerprint density at radius 1 is 1.24 bits per heavy atom. The van der Waals surface area contributed by atoms with Crippen molar-refractivity contribution < 1.29 is 8.91 Å². The number of nitrogens with two attached hydrogens (primary N) is 1. The predicted molar refractivity (Wildman–Crippen MR) is 80.9 cm³/mol. The zero-order valence-corrected chi connectivity index (χ0v) is 13.1. The molecular formula is C15H17BrFN3O. The van der Waals surface area contributed by atoms with E-state index in [1.54, 1.807) is 6.07 Å². The van der Waals surface area contributed by atoms with E-state index in [1.807, 2.05) is 0 Å². The number of halogens is 2. The smallest absolute Gasteiger partial charge is 0.244 e. The third-order valence-corrected chi connectivity index (χ3v) is 4.46. The van der Waals surface area contributed by atoms with Crippen molar-refractivity contribution in [1.29, 1.82) is 0 Å². The van der Waals surface area contributed by atoms with Gasteiger partial charge in [0.25, 0.3) is 0 Å². The van der Waals surface area contributed by atoms with Crippen LogP contribution in [0.3, 0.4) is 0 Å². The van der Waals surface area contributed by atoms with Gasteiger partial charge in [-0.2, -0.15) is 4.98 Å². The maximum absolute atomic E-state index is 13.4. The van der Waals surface area contributed by atoms with Crippen molar-refractivity contribution in [2.75, 3.05) is 0 Å². The molecule has 0 bridgehead atoms. The van der Waals surface area contributed by atoms with E-state index in [1.165, 1.54) is 31.4 Å². The van der Waals surface area contributed by atoms with Gasteiger partial charge >= 0.3 is 0 Å². The van der Waals surface area contributed by atoms with Gasteiger partial charge in [-0.05, 0) is 37.0 Å². The molecule has 0 radical (unpaired) electrons. The van der Waals surface area contributed by atoms with Crippen LogP contribution in [-0.4, -0.2) is 10.1 Å². The van der Waals surface area contributed by atoms with Crippen molar-refractivity contribution in [1.82, 2.24) is 10.1 Å². The molecule has 2 N–H and O–H groups in total. The molecule has 4 nitrogen and oxygen atoms in total. The Kier molecular flexibility index (Phi) is 4.35. The summed E-state index contributed by atoms with van der Waals surface area (Å²) in [4.78, 5) is 4.35. The Hall–Kier alpha value is -1.27. The lowest BCUT2D eigenvalue weighted by Crippen LogP contribution is -2.23. The van der Waals surface area contributed by atoms with Gasteiger partial charge in [0, 0.05) is 10.0 Å². The molecule has 1 saturated carbocycles. The first-order valence-corrected chi connectivity index (χ1v) is 7.98. The van der Waals surface area contributed by atoms with Crippen molar-refractivity contribution >= 4 is 15.9 Å². The van der Waals surface area contributed by atoms with Crippen LogP contribution in [0.25, 0.3) is 11.4 Å². The van der Waals surface area contributed by atoms with Gasteiger partial charge in [-0.1, -0.05) is 40.3 Å². The monoisotopic (exact) mass is 353 g/mol. The predicted octanol–water partition coefficient (Wildman–Crippen LogP) is 4.22. The topological polar surface area (TPSA) is 64.9 Å². The average Bonchev–Trinajstić information content (AvgIpc) is 2.96. The van der Waals surface area contributed by atoms with Crippen LogP contribution >= 0.6 is 15.9 Å². The Labute approximate surface area is 131 Å². The van der Waals surface area contributed by atoms with Crippen LogP contribution in [0.5, 0.6) is 0 Å². The fourth-order valence-corrected chi connectivity index (χ4v) is 3.33. The summed E-state index contributed by atoms with van der Waals surface area (Å²) in [5, 5.41) is 3.93. The van der Waals surface area contributed by atoms with E-state index in [0.29, 0.717) is 27.7 Å². The number of hydrogen-bond donors (Lipinski definition) is 1. The summed E-state index contributed by atoms with van der Waals surface area (Å²) in [6.45, 7) is 0. The van der Waals surface area contributed by atoms with Crippen LogP contribution in [0.1, 0.15) is 44.0 Å². The van der Waals surface area contributed by atoms with E-state index in [4.69, 9.17) is 10.3 Å². The third-order valence-electron chi connectivity index (χ3n) is 4.01. The summed E-state index contributed by atoms with van der Waals surface area (Å²) in [5.41, 5.74) is 6.82. The highest BCUT2D eigenvalue weighted by Gasteiger charge is 2.26. The molecule has 1 aliphatic carbocycles. The summed E-state index contributed by atoms with van der Waals surface area (Å²) < 4.78 is 19.4. The lowest BCUT2D eigenvalue weighted by atomic mass is 9.84. The SMILES string of the molecule is NC(c1nc(-c2cc(F)cc(Br)c2)no1)C1CCCCC1. The highest BCUT2D eigenvalue weighted by molar-refractivity contribution is 9.10. The summed E-state index contributed by atoms with van der Waals surface area (Å²) in [7, 11) is 0.